The van der Waals surface area contributed by atoms with Crippen molar-refractivity contribution in [1.82, 2.24) is 4.98 Å². The molecule has 0 bridgehead atoms. The van der Waals surface area contributed by atoms with Crippen molar-refractivity contribution in [3.05, 3.63) is 61.9 Å². The predicted octanol–water partition coefficient (Wildman–Crippen LogP) is 5.16. The second-order valence-corrected chi connectivity index (χ2v) is 8.80. The highest BCUT2D eigenvalue weighted by Crippen LogP contribution is 2.32. The normalized spacial score (nSPS) is 12.7. The summed E-state index contributed by atoms with van der Waals surface area (Å²) < 4.78 is 0. The molecule has 27 heavy (non-hydrogen) atoms. The molecule has 8 heteroatoms. The lowest BCUT2D eigenvalue weighted by atomic mass is 10.2. The van der Waals surface area contributed by atoms with Gasteiger partial charge in [-0.25, -0.2) is 4.98 Å². The fraction of sp³-hybridized carbons (Fsp3) is 0.211. The summed E-state index contributed by atoms with van der Waals surface area (Å²) in [4.78, 5) is 31.3. The Kier molecular flexibility index (Phi) is 4.99. The zero-order valence-corrected chi connectivity index (χ0v) is 16.9. The van der Waals surface area contributed by atoms with E-state index in [2.05, 4.69) is 15.6 Å². The molecule has 1 aromatic carbocycles. The van der Waals surface area contributed by atoms with E-state index in [1.54, 1.807) is 41.7 Å². The fourth-order valence-electron chi connectivity index (χ4n) is 2.99. The summed E-state index contributed by atoms with van der Waals surface area (Å²) in [5.74, 6) is -0.506. The molecule has 2 amide bonds. The number of amides is 2. The van der Waals surface area contributed by atoms with Crippen molar-refractivity contribution >= 4 is 56.2 Å². The molecule has 0 saturated carbocycles. The summed E-state index contributed by atoms with van der Waals surface area (Å²) in [7, 11) is 0. The fourth-order valence-corrected chi connectivity index (χ4v) is 5.22. The minimum Gasteiger partial charge on any atom is -0.313 e. The van der Waals surface area contributed by atoms with Gasteiger partial charge in [-0.1, -0.05) is 23.7 Å². The van der Waals surface area contributed by atoms with E-state index in [0.717, 1.165) is 30.5 Å². The molecule has 5 nitrogen and oxygen atoms in total. The first-order valence-corrected chi connectivity index (χ1v) is 10.5. The molecule has 3 aromatic rings. The van der Waals surface area contributed by atoms with Crippen molar-refractivity contribution in [3.8, 4) is 0 Å². The summed E-state index contributed by atoms with van der Waals surface area (Å²) in [6, 6.07) is 8.64. The van der Waals surface area contributed by atoms with Gasteiger partial charge in [-0.05, 0) is 49.9 Å². The SMILES string of the molecule is Cc1cc(NC(=O)c2ccccc2Cl)sc1C(=O)Nc1nc2c(s1)CCC2. The average molecular weight is 418 g/mol. The number of benzene rings is 1. The number of hydrogen-bond donors (Lipinski definition) is 2. The molecule has 2 aromatic heterocycles. The van der Waals surface area contributed by atoms with Crippen molar-refractivity contribution in [2.45, 2.75) is 26.2 Å². The van der Waals surface area contributed by atoms with Crippen LogP contribution in [0.3, 0.4) is 0 Å². The first-order chi connectivity index (χ1) is 13.0. The maximum Gasteiger partial charge on any atom is 0.267 e. The third kappa shape index (κ3) is 3.76. The van der Waals surface area contributed by atoms with Gasteiger partial charge in [-0.3, -0.25) is 14.9 Å². The Morgan fingerprint density at radius 1 is 1.11 bits per heavy atom. The molecular formula is C19H16ClN3O2S2. The third-order valence-corrected chi connectivity index (χ3v) is 6.85. The highest BCUT2D eigenvalue weighted by molar-refractivity contribution is 7.19. The number of carbonyl (C=O) groups is 2. The molecule has 0 spiro atoms. The minimum atomic E-state index is -0.301. The summed E-state index contributed by atoms with van der Waals surface area (Å²) in [5, 5.41) is 7.32. The van der Waals surface area contributed by atoms with Crippen molar-refractivity contribution in [2.75, 3.05) is 10.6 Å². The Morgan fingerprint density at radius 2 is 1.93 bits per heavy atom. The molecule has 2 N–H and O–H groups in total. The molecule has 2 heterocycles. The average Bonchev–Trinajstić information content (AvgIpc) is 3.30. The molecular weight excluding hydrogens is 402 g/mol. The number of aromatic nitrogens is 1. The molecule has 0 aliphatic heterocycles. The van der Waals surface area contributed by atoms with Crippen molar-refractivity contribution in [3.63, 3.8) is 0 Å². The number of halogens is 1. The smallest absolute Gasteiger partial charge is 0.267 e. The zero-order valence-electron chi connectivity index (χ0n) is 14.5. The Labute approximate surface area is 169 Å². The predicted molar refractivity (Wildman–Crippen MR) is 111 cm³/mol. The van der Waals surface area contributed by atoms with E-state index in [0.29, 0.717) is 25.6 Å². The van der Waals surface area contributed by atoms with Gasteiger partial charge in [0.2, 0.25) is 0 Å². The molecule has 0 saturated heterocycles. The molecule has 4 rings (SSSR count). The largest absolute Gasteiger partial charge is 0.313 e. The van der Waals surface area contributed by atoms with Crippen LogP contribution >= 0.6 is 34.3 Å². The maximum atomic E-state index is 12.6. The standard InChI is InChI=1S/C19H16ClN3O2S2/c1-10-9-15(22-17(24)11-5-2-3-6-12(11)20)27-16(10)18(25)23-19-21-13-7-4-8-14(13)26-19/h2-3,5-6,9H,4,7-8H2,1H3,(H,22,24)(H,21,23,25). The van der Waals surface area contributed by atoms with E-state index in [4.69, 9.17) is 11.6 Å². The van der Waals surface area contributed by atoms with Gasteiger partial charge in [0.1, 0.15) is 0 Å². The number of anilines is 2. The molecule has 1 aliphatic rings. The lowest BCUT2D eigenvalue weighted by Crippen LogP contribution is -2.12. The number of fused-ring (bicyclic) bond motifs is 1. The topological polar surface area (TPSA) is 71.1 Å². The number of nitrogens with one attached hydrogen (secondary N) is 2. The van der Waals surface area contributed by atoms with E-state index in [1.165, 1.54) is 16.2 Å². The number of thiophene rings is 1. The quantitative estimate of drug-likeness (QED) is 0.615. The van der Waals surface area contributed by atoms with E-state index in [1.807, 2.05) is 6.92 Å². The number of rotatable bonds is 4. The van der Waals surface area contributed by atoms with Crippen LogP contribution in [-0.4, -0.2) is 16.8 Å². The summed E-state index contributed by atoms with van der Waals surface area (Å²) in [6.45, 7) is 1.85. The van der Waals surface area contributed by atoms with Crippen LogP contribution in [0.15, 0.2) is 30.3 Å². The van der Waals surface area contributed by atoms with Gasteiger partial charge in [0, 0.05) is 4.88 Å². The van der Waals surface area contributed by atoms with E-state index < -0.39 is 0 Å². The molecule has 1 aliphatic carbocycles. The van der Waals surface area contributed by atoms with Crippen LogP contribution in [0.5, 0.6) is 0 Å². The zero-order chi connectivity index (χ0) is 19.0. The Morgan fingerprint density at radius 3 is 2.70 bits per heavy atom. The minimum absolute atomic E-state index is 0.205. The van der Waals surface area contributed by atoms with Gasteiger partial charge in [0.25, 0.3) is 11.8 Å². The number of nitrogens with zero attached hydrogens (tertiary/aromatic N) is 1. The number of thiazole rings is 1. The monoisotopic (exact) mass is 417 g/mol. The number of aryl methyl sites for hydroxylation is 3. The Hall–Kier alpha value is -2.22. The summed E-state index contributed by atoms with van der Waals surface area (Å²) in [5.41, 5.74) is 2.30. The van der Waals surface area contributed by atoms with Crippen molar-refractivity contribution in [1.29, 1.82) is 0 Å². The highest BCUT2D eigenvalue weighted by Gasteiger charge is 2.20. The van der Waals surface area contributed by atoms with Crippen LogP contribution in [0, 0.1) is 6.92 Å². The number of hydrogen-bond acceptors (Lipinski definition) is 5. The van der Waals surface area contributed by atoms with Gasteiger partial charge in [0.05, 0.1) is 26.2 Å². The van der Waals surface area contributed by atoms with E-state index >= 15 is 0 Å². The molecule has 0 atom stereocenters. The van der Waals surface area contributed by atoms with Crippen LogP contribution in [0.4, 0.5) is 10.1 Å². The lowest BCUT2D eigenvalue weighted by molar-refractivity contribution is 0.102. The van der Waals surface area contributed by atoms with Gasteiger partial charge < -0.3 is 5.32 Å². The number of carbonyl (C=O) groups excluding carboxylic acids is 2. The Bertz CT molecular complexity index is 1020. The lowest BCUT2D eigenvalue weighted by Gasteiger charge is -2.04. The van der Waals surface area contributed by atoms with Crippen LogP contribution < -0.4 is 10.6 Å². The molecule has 138 valence electrons. The van der Waals surface area contributed by atoms with Gasteiger partial charge in [-0.2, -0.15) is 0 Å². The molecule has 0 fully saturated rings. The van der Waals surface area contributed by atoms with E-state index in [9.17, 15) is 9.59 Å². The first kappa shape index (κ1) is 18.2. The van der Waals surface area contributed by atoms with Crippen molar-refractivity contribution < 1.29 is 9.59 Å². The van der Waals surface area contributed by atoms with Gasteiger partial charge in [0.15, 0.2) is 5.13 Å². The molecule has 0 radical (unpaired) electrons. The van der Waals surface area contributed by atoms with Crippen LogP contribution in [0.2, 0.25) is 5.02 Å². The second-order valence-electron chi connectivity index (χ2n) is 6.25. The van der Waals surface area contributed by atoms with Gasteiger partial charge >= 0.3 is 0 Å². The maximum absolute atomic E-state index is 12.6. The first-order valence-electron chi connectivity index (χ1n) is 8.47. The van der Waals surface area contributed by atoms with Crippen LogP contribution in [0.1, 0.15) is 42.6 Å². The second kappa shape index (κ2) is 7.42. The summed E-state index contributed by atoms with van der Waals surface area (Å²) in [6.07, 6.45) is 3.16. The highest BCUT2D eigenvalue weighted by atomic mass is 35.5. The Balaban J connectivity index is 1.48. The van der Waals surface area contributed by atoms with E-state index in [-0.39, 0.29) is 11.8 Å². The van der Waals surface area contributed by atoms with Gasteiger partial charge in [-0.15, -0.1) is 22.7 Å². The van der Waals surface area contributed by atoms with Crippen molar-refractivity contribution in [2.24, 2.45) is 0 Å². The van der Waals surface area contributed by atoms with Crippen LogP contribution in [0.25, 0.3) is 0 Å². The third-order valence-electron chi connectivity index (χ3n) is 4.30. The van der Waals surface area contributed by atoms with Crippen LogP contribution in [-0.2, 0) is 12.8 Å². The summed E-state index contributed by atoms with van der Waals surface area (Å²) >= 11 is 8.85. The molecule has 0 unspecified atom stereocenters.